The molecule has 0 saturated heterocycles. The first-order chi connectivity index (χ1) is 28.3. The highest BCUT2D eigenvalue weighted by molar-refractivity contribution is 6.29. The van der Waals surface area contributed by atoms with Crippen LogP contribution in [0.5, 0.6) is 0 Å². The summed E-state index contributed by atoms with van der Waals surface area (Å²) in [7, 11) is 0. The van der Waals surface area contributed by atoms with E-state index in [0.29, 0.717) is 5.95 Å². The van der Waals surface area contributed by atoms with E-state index in [1.807, 2.05) is 6.07 Å². The fourth-order valence-corrected chi connectivity index (χ4v) is 9.33. The summed E-state index contributed by atoms with van der Waals surface area (Å²) in [6.07, 6.45) is 0. The summed E-state index contributed by atoms with van der Waals surface area (Å²) in [5, 5.41) is 12.4. The van der Waals surface area contributed by atoms with Crippen molar-refractivity contribution in [3.8, 4) is 22.9 Å². The zero-order valence-electron chi connectivity index (χ0n) is 30.5. The van der Waals surface area contributed by atoms with E-state index in [4.69, 9.17) is 14.4 Å². The largest absolute Gasteiger partial charge is 0.455 e. The third kappa shape index (κ3) is 4.28. The molecular weight excluding hydrogens is 697 g/mol. The van der Waals surface area contributed by atoms with E-state index < -0.39 is 0 Å². The second kappa shape index (κ2) is 11.4. The molecule has 0 aliphatic rings. The van der Waals surface area contributed by atoms with Crippen LogP contribution in [-0.2, 0) is 0 Å². The van der Waals surface area contributed by atoms with Gasteiger partial charge in [-0.25, -0.2) is 9.97 Å². The first kappa shape index (κ1) is 30.6. The van der Waals surface area contributed by atoms with Gasteiger partial charge in [-0.1, -0.05) is 133 Å². The van der Waals surface area contributed by atoms with Crippen LogP contribution in [0.3, 0.4) is 0 Å². The molecular formula is C52H30N4O. The average molecular weight is 727 g/mol. The van der Waals surface area contributed by atoms with Crippen molar-refractivity contribution in [3.05, 3.63) is 182 Å². The lowest BCUT2D eigenvalue weighted by Gasteiger charge is -2.14. The van der Waals surface area contributed by atoms with Crippen molar-refractivity contribution >= 4 is 98.0 Å². The lowest BCUT2D eigenvalue weighted by Crippen LogP contribution is -2.05. The highest BCUT2D eigenvalue weighted by Gasteiger charge is 2.26. The van der Waals surface area contributed by atoms with Crippen molar-refractivity contribution in [2.24, 2.45) is 0 Å². The van der Waals surface area contributed by atoms with Crippen molar-refractivity contribution in [1.29, 1.82) is 0 Å². The Kier molecular flexibility index (Phi) is 6.10. The molecule has 0 radical (unpaired) electrons. The molecule has 0 N–H and O–H groups in total. The molecule has 13 aromatic rings. The standard InChI is InChI=1S/C52H30N4O/c1-3-13-33-29-35(22-21-31(33)11-1)48-41-17-5-8-18-43(41)53-52(54-48)56-45-28-27-40-38-16-7-10-20-46(38)57-51(40)47(45)42-26-25-39-37-15-6-9-19-44(37)55(49(39)50(42)56)36-24-23-32-12-2-4-14-34(32)30-36/h1-30H. The number of benzene rings is 9. The second-order valence-electron chi connectivity index (χ2n) is 15.0. The van der Waals surface area contributed by atoms with E-state index in [1.54, 1.807) is 0 Å². The van der Waals surface area contributed by atoms with Gasteiger partial charge >= 0.3 is 0 Å². The maximum Gasteiger partial charge on any atom is 0.235 e. The number of hydrogen-bond donors (Lipinski definition) is 0. The summed E-state index contributed by atoms with van der Waals surface area (Å²) in [4.78, 5) is 11.0. The summed E-state index contributed by atoms with van der Waals surface area (Å²) < 4.78 is 11.5. The molecule has 0 fully saturated rings. The normalized spacial score (nSPS) is 12.2. The Bertz CT molecular complexity index is 3830. The zero-order valence-corrected chi connectivity index (χ0v) is 30.5. The summed E-state index contributed by atoms with van der Waals surface area (Å²) in [6.45, 7) is 0. The van der Waals surface area contributed by atoms with Crippen LogP contribution in [0.2, 0.25) is 0 Å². The van der Waals surface area contributed by atoms with Gasteiger partial charge in [0.05, 0.1) is 38.7 Å². The number of furan rings is 1. The number of fused-ring (bicyclic) bond motifs is 14. The smallest absolute Gasteiger partial charge is 0.235 e. The molecule has 0 spiro atoms. The molecule has 5 nitrogen and oxygen atoms in total. The average Bonchev–Trinajstić information content (AvgIpc) is 3.93. The minimum Gasteiger partial charge on any atom is -0.455 e. The quantitative estimate of drug-likeness (QED) is 0.182. The molecule has 0 aliphatic carbocycles. The number of para-hydroxylation sites is 3. The van der Waals surface area contributed by atoms with E-state index in [-0.39, 0.29) is 0 Å². The lowest BCUT2D eigenvalue weighted by molar-refractivity contribution is 0.673. The topological polar surface area (TPSA) is 48.8 Å². The van der Waals surface area contributed by atoms with Crippen molar-refractivity contribution in [2.75, 3.05) is 0 Å². The molecule has 0 bridgehead atoms. The molecule has 0 saturated carbocycles. The summed E-state index contributed by atoms with van der Waals surface area (Å²) in [6, 6.07) is 64.8. The van der Waals surface area contributed by atoms with Crippen molar-refractivity contribution < 1.29 is 4.42 Å². The Morgan fingerprint density at radius 2 is 1.05 bits per heavy atom. The molecule has 264 valence electrons. The Morgan fingerprint density at radius 1 is 0.404 bits per heavy atom. The van der Waals surface area contributed by atoms with Gasteiger partial charge in [-0.05, 0) is 70.1 Å². The fourth-order valence-electron chi connectivity index (χ4n) is 9.33. The Hall–Kier alpha value is -7.76. The number of hydrogen-bond acceptors (Lipinski definition) is 3. The van der Waals surface area contributed by atoms with Crippen LogP contribution >= 0.6 is 0 Å². The molecule has 5 heteroatoms. The van der Waals surface area contributed by atoms with E-state index in [1.165, 1.54) is 26.9 Å². The fraction of sp³-hybridized carbons (Fsp3) is 0. The van der Waals surface area contributed by atoms with Gasteiger partial charge in [0.25, 0.3) is 0 Å². The maximum absolute atomic E-state index is 6.80. The predicted molar refractivity (Wildman–Crippen MR) is 236 cm³/mol. The summed E-state index contributed by atoms with van der Waals surface area (Å²) >= 11 is 0. The third-order valence-electron chi connectivity index (χ3n) is 11.9. The van der Waals surface area contributed by atoms with Crippen LogP contribution in [0.4, 0.5) is 0 Å². The maximum atomic E-state index is 6.80. The summed E-state index contributed by atoms with van der Waals surface area (Å²) in [5.41, 5.74) is 9.88. The molecule has 0 unspecified atom stereocenters. The summed E-state index contributed by atoms with van der Waals surface area (Å²) in [5.74, 6) is 0.607. The van der Waals surface area contributed by atoms with Crippen LogP contribution in [0.25, 0.3) is 121 Å². The highest BCUT2D eigenvalue weighted by Crippen LogP contribution is 2.45. The van der Waals surface area contributed by atoms with Gasteiger partial charge < -0.3 is 8.98 Å². The van der Waals surface area contributed by atoms with E-state index in [0.717, 1.165) is 88.0 Å². The number of aromatic nitrogens is 4. The van der Waals surface area contributed by atoms with Crippen LogP contribution in [0.15, 0.2) is 186 Å². The molecule has 0 atom stereocenters. The van der Waals surface area contributed by atoms with Crippen molar-refractivity contribution in [2.45, 2.75) is 0 Å². The highest BCUT2D eigenvalue weighted by atomic mass is 16.3. The van der Waals surface area contributed by atoms with Crippen molar-refractivity contribution in [1.82, 2.24) is 19.1 Å². The first-order valence-corrected chi connectivity index (χ1v) is 19.3. The monoisotopic (exact) mass is 726 g/mol. The van der Waals surface area contributed by atoms with Crippen LogP contribution in [0, 0.1) is 0 Å². The SMILES string of the molecule is c1ccc2cc(-c3nc(-n4c5ccc6c7ccccc7oc6c5c5ccc6c7ccccc7n(-c7ccc8ccccc8c7)c6c54)nc4ccccc34)ccc2c1. The Labute approximate surface area is 325 Å². The Balaban J connectivity index is 1.23. The van der Waals surface area contributed by atoms with E-state index >= 15 is 0 Å². The molecule has 0 aliphatic heterocycles. The van der Waals surface area contributed by atoms with Gasteiger partial charge in [0.15, 0.2) is 0 Å². The zero-order chi connectivity index (χ0) is 37.2. The van der Waals surface area contributed by atoms with E-state index in [2.05, 4.69) is 185 Å². The van der Waals surface area contributed by atoms with Gasteiger partial charge in [-0.15, -0.1) is 0 Å². The lowest BCUT2D eigenvalue weighted by atomic mass is 10.0. The first-order valence-electron chi connectivity index (χ1n) is 19.3. The van der Waals surface area contributed by atoms with Crippen molar-refractivity contribution in [3.63, 3.8) is 0 Å². The molecule has 4 aromatic heterocycles. The molecule has 57 heavy (non-hydrogen) atoms. The molecule has 9 aromatic carbocycles. The van der Waals surface area contributed by atoms with Gasteiger partial charge in [-0.3, -0.25) is 4.57 Å². The van der Waals surface area contributed by atoms with Gasteiger partial charge in [0.1, 0.15) is 11.2 Å². The second-order valence-corrected chi connectivity index (χ2v) is 15.0. The minimum absolute atomic E-state index is 0.607. The predicted octanol–water partition coefficient (Wildman–Crippen LogP) is 13.7. The van der Waals surface area contributed by atoms with Gasteiger partial charge in [-0.2, -0.15) is 0 Å². The minimum atomic E-state index is 0.607. The number of nitrogens with zero attached hydrogens (tertiary/aromatic N) is 4. The van der Waals surface area contributed by atoms with Crippen LogP contribution < -0.4 is 0 Å². The number of rotatable bonds is 3. The van der Waals surface area contributed by atoms with Gasteiger partial charge in [0, 0.05) is 43.6 Å². The Morgan fingerprint density at radius 3 is 1.91 bits per heavy atom. The van der Waals surface area contributed by atoms with E-state index in [9.17, 15) is 0 Å². The van der Waals surface area contributed by atoms with Crippen LogP contribution in [-0.4, -0.2) is 19.1 Å². The molecule has 4 heterocycles. The van der Waals surface area contributed by atoms with Crippen LogP contribution in [0.1, 0.15) is 0 Å². The third-order valence-corrected chi connectivity index (χ3v) is 11.9. The molecule has 0 amide bonds. The molecule has 13 rings (SSSR count). The van der Waals surface area contributed by atoms with Gasteiger partial charge in [0.2, 0.25) is 5.95 Å².